The molecule has 0 radical (unpaired) electrons. The van der Waals surface area contributed by atoms with Crippen LogP contribution in [0.15, 0.2) is 36.4 Å². The number of carbonyl (C=O) groups excluding carboxylic acids is 1. The monoisotopic (exact) mass is 285 g/mol. The lowest BCUT2D eigenvalue weighted by atomic mass is 10.1. The van der Waals surface area contributed by atoms with E-state index >= 15 is 0 Å². The molecular formula is C17H19NO3. The Hall–Kier alpha value is -2.49. The number of anilines is 1. The van der Waals surface area contributed by atoms with Crippen LogP contribution in [-0.2, 0) is 0 Å². The van der Waals surface area contributed by atoms with Crippen molar-refractivity contribution in [3.8, 4) is 11.5 Å². The summed E-state index contributed by atoms with van der Waals surface area (Å²) in [4.78, 5) is 12.2. The number of benzene rings is 2. The normalized spacial score (nSPS) is 10.1. The molecule has 110 valence electrons. The maximum atomic E-state index is 12.2. The second-order valence-corrected chi connectivity index (χ2v) is 4.82. The molecule has 2 aromatic carbocycles. The molecule has 2 rings (SSSR count). The molecule has 21 heavy (non-hydrogen) atoms. The van der Waals surface area contributed by atoms with Crippen molar-refractivity contribution in [2.75, 3.05) is 19.5 Å². The first-order valence-corrected chi connectivity index (χ1v) is 6.65. The lowest BCUT2D eigenvalue weighted by Crippen LogP contribution is -2.12. The quantitative estimate of drug-likeness (QED) is 0.934. The molecular weight excluding hydrogens is 266 g/mol. The second kappa shape index (κ2) is 6.31. The topological polar surface area (TPSA) is 47.6 Å². The molecule has 0 aliphatic heterocycles. The Morgan fingerprint density at radius 3 is 2.24 bits per heavy atom. The molecule has 0 unspecified atom stereocenters. The van der Waals surface area contributed by atoms with Gasteiger partial charge in [-0.2, -0.15) is 0 Å². The number of rotatable bonds is 4. The van der Waals surface area contributed by atoms with Crippen molar-refractivity contribution in [2.24, 2.45) is 0 Å². The minimum atomic E-state index is -0.148. The van der Waals surface area contributed by atoms with Gasteiger partial charge >= 0.3 is 0 Å². The smallest absolute Gasteiger partial charge is 0.255 e. The van der Waals surface area contributed by atoms with Gasteiger partial charge in [0.05, 0.1) is 14.2 Å². The fourth-order valence-corrected chi connectivity index (χ4v) is 2.00. The maximum absolute atomic E-state index is 12.2. The predicted octanol–water partition coefficient (Wildman–Crippen LogP) is 3.57. The van der Waals surface area contributed by atoms with Crippen LogP contribution in [0.25, 0.3) is 0 Å². The Kier molecular flexibility index (Phi) is 4.48. The summed E-state index contributed by atoms with van der Waals surface area (Å²) in [5.74, 6) is 1.06. The molecule has 0 aliphatic carbocycles. The van der Waals surface area contributed by atoms with Gasteiger partial charge in [0, 0.05) is 17.3 Å². The van der Waals surface area contributed by atoms with E-state index in [4.69, 9.17) is 9.47 Å². The summed E-state index contributed by atoms with van der Waals surface area (Å²) in [6.45, 7) is 4.01. The molecule has 0 atom stereocenters. The third-order valence-electron chi connectivity index (χ3n) is 3.41. The molecule has 1 N–H and O–H groups in total. The Morgan fingerprint density at radius 2 is 1.62 bits per heavy atom. The summed E-state index contributed by atoms with van der Waals surface area (Å²) in [6, 6.07) is 10.9. The molecule has 0 aromatic heterocycles. The van der Waals surface area contributed by atoms with Crippen LogP contribution in [0.2, 0.25) is 0 Å². The number of aryl methyl sites for hydroxylation is 2. The Bertz CT molecular complexity index is 665. The number of ether oxygens (including phenoxy) is 2. The summed E-state index contributed by atoms with van der Waals surface area (Å²) >= 11 is 0. The molecule has 0 saturated heterocycles. The third-order valence-corrected chi connectivity index (χ3v) is 3.41. The van der Waals surface area contributed by atoms with Crippen LogP contribution in [0.4, 0.5) is 5.69 Å². The van der Waals surface area contributed by atoms with Gasteiger partial charge in [0.1, 0.15) is 0 Å². The second-order valence-electron chi connectivity index (χ2n) is 4.82. The summed E-state index contributed by atoms with van der Waals surface area (Å²) < 4.78 is 10.4. The zero-order valence-electron chi connectivity index (χ0n) is 12.7. The van der Waals surface area contributed by atoms with E-state index in [0.717, 1.165) is 11.1 Å². The van der Waals surface area contributed by atoms with E-state index in [1.54, 1.807) is 32.4 Å². The van der Waals surface area contributed by atoms with E-state index in [1.807, 2.05) is 32.0 Å². The summed E-state index contributed by atoms with van der Waals surface area (Å²) in [7, 11) is 3.14. The highest BCUT2D eigenvalue weighted by atomic mass is 16.5. The Morgan fingerprint density at radius 1 is 0.905 bits per heavy atom. The van der Waals surface area contributed by atoms with Crippen LogP contribution in [0.3, 0.4) is 0 Å². The van der Waals surface area contributed by atoms with Crippen molar-refractivity contribution in [3.63, 3.8) is 0 Å². The molecule has 0 bridgehead atoms. The van der Waals surface area contributed by atoms with Crippen molar-refractivity contribution in [1.29, 1.82) is 0 Å². The zero-order valence-corrected chi connectivity index (χ0v) is 12.7. The van der Waals surface area contributed by atoms with Crippen LogP contribution in [0.5, 0.6) is 11.5 Å². The lowest BCUT2D eigenvalue weighted by Gasteiger charge is -2.11. The molecule has 0 saturated carbocycles. The average molecular weight is 285 g/mol. The first-order chi connectivity index (χ1) is 10.0. The van der Waals surface area contributed by atoms with Gasteiger partial charge in [-0.05, 0) is 49.2 Å². The Balaban J connectivity index is 2.21. The highest BCUT2D eigenvalue weighted by molar-refractivity contribution is 6.04. The van der Waals surface area contributed by atoms with Gasteiger partial charge < -0.3 is 14.8 Å². The standard InChI is InChI=1S/C17H19NO3/c1-11-5-6-13(9-12(11)2)17(19)18-14-7-8-15(20-3)16(10-14)21-4/h5-10H,1-4H3,(H,18,19). The SMILES string of the molecule is COc1ccc(NC(=O)c2ccc(C)c(C)c2)cc1OC. The molecule has 0 spiro atoms. The van der Waals surface area contributed by atoms with E-state index in [1.165, 1.54) is 0 Å². The number of carbonyl (C=O) groups is 1. The van der Waals surface area contributed by atoms with Crippen molar-refractivity contribution < 1.29 is 14.3 Å². The lowest BCUT2D eigenvalue weighted by molar-refractivity contribution is 0.102. The fraction of sp³-hybridized carbons (Fsp3) is 0.235. The first kappa shape index (κ1) is 14.9. The molecule has 4 heteroatoms. The number of nitrogens with one attached hydrogen (secondary N) is 1. The molecule has 0 aliphatic rings. The Labute approximate surface area is 124 Å². The summed E-state index contributed by atoms with van der Waals surface area (Å²) in [5, 5.41) is 2.86. The van der Waals surface area contributed by atoms with Crippen LogP contribution in [0.1, 0.15) is 21.5 Å². The minimum absolute atomic E-state index is 0.148. The maximum Gasteiger partial charge on any atom is 0.255 e. The van der Waals surface area contributed by atoms with Crippen molar-refractivity contribution in [2.45, 2.75) is 13.8 Å². The van der Waals surface area contributed by atoms with Crippen LogP contribution < -0.4 is 14.8 Å². The van der Waals surface area contributed by atoms with E-state index in [2.05, 4.69) is 5.32 Å². The van der Waals surface area contributed by atoms with Gasteiger partial charge in [-0.25, -0.2) is 0 Å². The molecule has 1 amide bonds. The van der Waals surface area contributed by atoms with Crippen molar-refractivity contribution in [1.82, 2.24) is 0 Å². The predicted molar refractivity (Wildman–Crippen MR) is 83.4 cm³/mol. The van der Waals surface area contributed by atoms with Crippen LogP contribution >= 0.6 is 0 Å². The fourth-order valence-electron chi connectivity index (χ4n) is 2.00. The highest BCUT2D eigenvalue weighted by Gasteiger charge is 2.09. The third kappa shape index (κ3) is 3.34. The zero-order chi connectivity index (χ0) is 15.4. The van der Waals surface area contributed by atoms with Crippen molar-refractivity contribution in [3.05, 3.63) is 53.1 Å². The van der Waals surface area contributed by atoms with Gasteiger partial charge in [-0.1, -0.05) is 6.07 Å². The van der Waals surface area contributed by atoms with E-state index in [0.29, 0.717) is 22.7 Å². The van der Waals surface area contributed by atoms with Crippen LogP contribution in [0, 0.1) is 13.8 Å². The number of hydrogen-bond acceptors (Lipinski definition) is 3. The molecule has 0 fully saturated rings. The minimum Gasteiger partial charge on any atom is -0.493 e. The molecule has 0 heterocycles. The van der Waals surface area contributed by atoms with Crippen molar-refractivity contribution >= 4 is 11.6 Å². The summed E-state index contributed by atoms with van der Waals surface area (Å²) in [6.07, 6.45) is 0. The van der Waals surface area contributed by atoms with Gasteiger partial charge in [-0.15, -0.1) is 0 Å². The van der Waals surface area contributed by atoms with Crippen LogP contribution in [-0.4, -0.2) is 20.1 Å². The van der Waals surface area contributed by atoms with Gasteiger partial charge in [-0.3, -0.25) is 4.79 Å². The van der Waals surface area contributed by atoms with Gasteiger partial charge in [0.15, 0.2) is 11.5 Å². The van der Waals surface area contributed by atoms with Gasteiger partial charge in [0.2, 0.25) is 0 Å². The summed E-state index contributed by atoms with van der Waals surface area (Å²) in [5.41, 5.74) is 3.55. The number of hydrogen-bond donors (Lipinski definition) is 1. The number of methoxy groups -OCH3 is 2. The molecule has 4 nitrogen and oxygen atoms in total. The van der Waals surface area contributed by atoms with E-state index in [9.17, 15) is 4.79 Å². The van der Waals surface area contributed by atoms with E-state index in [-0.39, 0.29) is 5.91 Å². The van der Waals surface area contributed by atoms with Gasteiger partial charge in [0.25, 0.3) is 5.91 Å². The molecule has 2 aromatic rings. The first-order valence-electron chi connectivity index (χ1n) is 6.65. The van der Waals surface area contributed by atoms with E-state index < -0.39 is 0 Å². The average Bonchev–Trinajstić information content (AvgIpc) is 2.49. The number of amides is 1. The largest absolute Gasteiger partial charge is 0.493 e. The highest BCUT2D eigenvalue weighted by Crippen LogP contribution is 2.29.